The van der Waals surface area contributed by atoms with Gasteiger partial charge in [-0.05, 0) is 17.7 Å². The van der Waals surface area contributed by atoms with Crippen LogP contribution in [0.1, 0.15) is 5.56 Å². The first-order valence-corrected chi connectivity index (χ1v) is 5.63. The van der Waals surface area contributed by atoms with Crippen LogP contribution in [0.15, 0.2) is 30.3 Å². The smallest absolute Gasteiger partial charge is 0.322 e. The van der Waals surface area contributed by atoms with Crippen LogP contribution < -0.4 is 15.5 Å². The summed E-state index contributed by atoms with van der Waals surface area (Å²) in [6.07, 6.45) is 3.49. The van der Waals surface area contributed by atoms with Gasteiger partial charge >= 0.3 is 6.03 Å². The molecule has 1 aliphatic heterocycles. The molecule has 1 atom stereocenters. The van der Waals surface area contributed by atoms with Crippen molar-refractivity contribution in [1.82, 2.24) is 10.6 Å². The molecule has 0 bridgehead atoms. The summed E-state index contributed by atoms with van der Waals surface area (Å²) in [5.74, 6) is -0.318. The largest absolute Gasteiger partial charge is 0.378 e. The molecular formula is C13H15N3O2. The Balaban J connectivity index is 2.05. The maximum atomic E-state index is 11.3. The molecule has 1 saturated heterocycles. The Morgan fingerprint density at radius 2 is 1.83 bits per heavy atom. The van der Waals surface area contributed by atoms with Gasteiger partial charge in [-0.25, -0.2) is 4.79 Å². The van der Waals surface area contributed by atoms with E-state index < -0.39 is 12.1 Å². The summed E-state index contributed by atoms with van der Waals surface area (Å²) >= 11 is 0. The number of nitrogens with zero attached hydrogens (tertiary/aromatic N) is 1. The normalized spacial score (nSPS) is 18.9. The highest BCUT2D eigenvalue weighted by Crippen LogP contribution is 2.13. The summed E-state index contributed by atoms with van der Waals surface area (Å²) in [4.78, 5) is 24.2. The molecule has 94 valence electrons. The number of benzene rings is 1. The lowest BCUT2D eigenvalue weighted by Gasteiger charge is -2.11. The minimum Gasteiger partial charge on any atom is -0.378 e. The summed E-state index contributed by atoms with van der Waals surface area (Å²) < 4.78 is 0. The number of imide groups is 1. The zero-order valence-corrected chi connectivity index (χ0v) is 10.3. The highest BCUT2D eigenvalue weighted by molar-refractivity contribution is 6.05. The van der Waals surface area contributed by atoms with Gasteiger partial charge in [0.15, 0.2) is 0 Å². The number of nitrogens with one attached hydrogen (secondary N) is 2. The zero-order valence-electron chi connectivity index (χ0n) is 10.3. The minimum atomic E-state index is -0.578. The second kappa shape index (κ2) is 4.91. The second-order valence-corrected chi connectivity index (χ2v) is 4.29. The SMILES string of the molecule is CN(C)c1ccc(/C=C/C2NC(=O)NC2=O)cc1. The molecule has 0 aliphatic carbocycles. The van der Waals surface area contributed by atoms with Gasteiger partial charge in [0.25, 0.3) is 5.91 Å². The number of hydrogen-bond donors (Lipinski definition) is 2. The van der Waals surface area contributed by atoms with Crippen molar-refractivity contribution in [3.05, 3.63) is 35.9 Å². The number of carbonyl (C=O) groups excluding carboxylic acids is 2. The van der Waals surface area contributed by atoms with Crippen molar-refractivity contribution in [2.75, 3.05) is 19.0 Å². The Morgan fingerprint density at radius 3 is 2.33 bits per heavy atom. The third kappa shape index (κ3) is 2.68. The van der Waals surface area contributed by atoms with Crippen LogP contribution in [0.3, 0.4) is 0 Å². The van der Waals surface area contributed by atoms with Crippen molar-refractivity contribution in [3.8, 4) is 0 Å². The fourth-order valence-electron chi connectivity index (χ4n) is 1.66. The lowest BCUT2D eigenvalue weighted by molar-refractivity contribution is -0.119. The van der Waals surface area contributed by atoms with Crippen LogP contribution in [-0.4, -0.2) is 32.1 Å². The third-order valence-electron chi connectivity index (χ3n) is 2.70. The maximum absolute atomic E-state index is 11.3. The number of urea groups is 1. The van der Waals surface area contributed by atoms with Gasteiger partial charge in [0.05, 0.1) is 0 Å². The van der Waals surface area contributed by atoms with Gasteiger partial charge in [-0.2, -0.15) is 0 Å². The van der Waals surface area contributed by atoms with Crippen LogP contribution in [-0.2, 0) is 4.79 Å². The summed E-state index contributed by atoms with van der Waals surface area (Å²) in [7, 11) is 3.95. The van der Waals surface area contributed by atoms with Crippen LogP contribution in [0.25, 0.3) is 6.08 Å². The predicted octanol–water partition coefficient (Wildman–Crippen LogP) is 0.974. The van der Waals surface area contributed by atoms with Gasteiger partial charge in [0.2, 0.25) is 0 Å². The van der Waals surface area contributed by atoms with Crippen LogP contribution in [0.5, 0.6) is 0 Å². The van der Waals surface area contributed by atoms with Crippen molar-refractivity contribution in [1.29, 1.82) is 0 Å². The monoisotopic (exact) mass is 245 g/mol. The molecular weight excluding hydrogens is 230 g/mol. The number of rotatable bonds is 3. The molecule has 2 rings (SSSR count). The molecule has 1 aliphatic rings. The predicted molar refractivity (Wildman–Crippen MR) is 70.3 cm³/mol. The molecule has 2 N–H and O–H groups in total. The lowest BCUT2D eigenvalue weighted by Crippen LogP contribution is -2.26. The molecule has 5 heteroatoms. The Hall–Kier alpha value is -2.30. The highest BCUT2D eigenvalue weighted by atomic mass is 16.2. The van der Waals surface area contributed by atoms with Crippen molar-refractivity contribution in [2.45, 2.75) is 6.04 Å². The summed E-state index contributed by atoms with van der Waals surface area (Å²) in [6.45, 7) is 0. The van der Waals surface area contributed by atoms with E-state index in [9.17, 15) is 9.59 Å². The van der Waals surface area contributed by atoms with Gasteiger partial charge in [-0.3, -0.25) is 10.1 Å². The van der Waals surface area contributed by atoms with Gasteiger partial charge in [-0.1, -0.05) is 24.3 Å². The number of carbonyl (C=O) groups is 2. The first kappa shape index (κ1) is 12.2. The Morgan fingerprint density at radius 1 is 1.17 bits per heavy atom. The molecule has 1 fully saturated rings. The second-order valence-electron chi connectivity index (χ2n) is 4.29. The van der Waals surface area contributed by atoms with Gasteiger partial charge in [-0.15, -0.1) is 0 Å². The summed E-state index contributed by atoms with van der Waals surface area (Å²) in [5.41, 5.74) is 2.09. The molecule has 1 aromatic rings. The van der Waals surface area contributed by atoms with E-state index in [0.29, 0.717) is 0 Å². The third-order valence-corrected chi connectivity index (χ3v) is 2.70. The van der Waals surface area contributed by atoms with E-state index in [1.807, 2.05) is 49.3 Å². The van der Waals surface area contributed by atoms with Gasteiger partial charge in [0, 0.05) is 19.8 Å². The molecule has 5 nitrogen and oxygen atoms in total. The first-order chi connectivity index (χ1) is 8.56. The fourth-order valence-corrected chi connectivity index (χ4v) is 1.66. The average Bonchev–Trinajstić information content (AvgIpc) is 2.66. The van der Waals surface area contributed by atoms with E-state index in [-0.39, 0.29) is 5.91 Å². The summed E-state index contributed by atoms with van der Waals surface area (Å²) in [5, 5.41) is 4.69. The van der Waals surface area contributed by atoms with E-state index in [4.69, 9.17) is 0 Å². The van der Waals surface area contributed by atoms with Crippen molar-refractivity contribution < 1.29 is 9.59 Å². The number of anilines is 1. The molecule has 3 amide bonds. The molecule has 1 heterocycles. The zero-order chi connectivity index (χ0) is 13.1. The Kier molecular flexibility index (Phi) is 3.32. The minimum absolute atomic E-state index is 0.318. The summed E-state index contributed by atoms with van der Waals surface area (Å²) in [6, 6.07) is 6.88. The lowest BCUT2D eigenvalue weighted by atomic mass is 10.1. The van der Waals surface area contributed by atoms with Gasteiger partial charge in [0.1, 0.15) is 6.04 Å². The Labute approximate surface area is 105 Å². The van der Waals surface area contributed by atoms with Crippen molar-refractivity contribution >= 4 is 23.7 Å². The Bertz CT molecular complexity index is 491. The van der Waals surface area contributed by atoms with Crippen molar-refractivity contribution in [3.63, 3.8) is 0 Å². The fraction of sp³-hybridized carbons (Fsp3) is 0.231. The molecule has 0 saturated carbocycles. The molecule has 0 aromatic heterocycles. The molecule has 18 heavy (non-hydrogen) atoms. The van der Waals surface area contributed by atoms with Crippen LogP contribution in [0.2, 0.25) is 0 Å². The number of hydrogen-bond acceptors (Lipinski definition) is 3. The number of amides is 3. The van der Waals surface area contributed by atoms with Crippen LogP contribution in [0, 0.1) is 0 Å². The quantitative estimate of drug-likeness (QED) is 0.780. The van der Waals surface area contributed by atoms with Crippen LogP contribution in [0.4, 0.5) is 10.5 Å². The van der Waals surface area contributed by atoms with E-state index in [2.05, 4.69) is 10.6 Å². The standard InChI is InChI=1S/C13H15N3O2/c1-16(2)10-6-3-9(4-7-10)5-8-11-12(17)15-13(18)14-11/h3-8,11H,1-2H3,(H2,14,15,17,18)/b8-5+. The van der Waals surface area contributed by atoms with E-state index in [0.717, 1.165) is 11.3 Å². The first-order valence-electron chi connectivity index (χ1n) is 5.63. The van der Waals surface area contributed by atoms with Gasteiger partial charge < -0.3 is 10.2 Å². The molecule has 0 spiro atoms. The van der Waals surface area contributed by atoms with E-state index in [1.54, 1.807) is 6.08 Å². The molecule has 1 unspecified atom stereocenters. The van der Waals surface area contributed by atoms with Crippen LogP contribution >= 0.6 is 0 Å². The average molecular weight is 245 g/mol. The topological polar surface area (TPSA) is 61.4 Å². The van der Waals surface area contributed by atoms with E-state index in [1.165, 1.54) is 0 Å². The molecule has 1 aromatic carbocycles. The van der Waals surface area contributed by atoms with Crippen molar-refractivity contribution in [2.24, 2.45) is 0 Å². The molecule has 0 radical (unpaired) electrons. The maximum Gasteiger partial charge on any atom is 0.322 e. The highest BCUT2D eigenvalue weighted by Gasteiger charge is 2.26. The van der Waals surface area contributed by atoms with E-state index >= 15 is 0 Å².